The Kier molecular flexibility index (Phi) is 5.79. The summed E-state index contributed by atoms with van der Waals surface area (Å²) in [6.07, 6.45) is 0. The fourth-order valence-corrected chi connectivity index (χ4v) is 4.18. The average Bonchev–Trinajstić information content (AvgIpc) is 2.55. The molecule has 0 N–H and O–H groups in total. The highest BCUT2D eigenvalue weighted by atomic mass is 32.2. The zero-order chi connectivity index (χ0) is 17.0. The first-order chi connectivity index (χ1) is 10.8. The second-order valence-electron chi connectivity index (χ2n) is 6.46. The Morgan fingerprint density at radius 1 is 1.09 bits per heavy atom. The standard InChI is InChI=1S/C17H25N3O2S/c1-14(2)16-4-6-17(7-5-16)23(21,22)20-10-8-19(9-11-20)13-15(3)12-18/h4-7,14-15H,8-11,13H2,1-3H3/t15-/m1/s1. The van der Waals surface area contributed by atoms with Crippen LogP contribution in [-0.2, 0) is 10.0 Å². The normalized spacial score (nSPS) is 18.7. The van der Waals surface area contributed by atoms with E-state index in [2.05, 4.69) is 24.8 Å². The Bertz CT molecular complexity index is 654. The van der Waals surface area contributed by atoms with Gasteiger partial charge in [-0.3, -0.25) is 4.90 Å². The molecular weight excluding hydrogens is 310 g/mol. The summed E-state index contributed by atoms with van der Waals surface area (Å²) in [6.45, 7) is 9.08. The first kappa shape index (κ1) is 17.9. The molecule has 0 radical (unpaired) electrons. The zero-order valence-electron chi connectivity index (χ0n) is 14.1. The lowest BCUT2D eigenvalue weighted by atomic mass is 10.0. The van der Waals surface area contributed by atoms with Gasteiger partial charge in [-0.25, -0.2) is 8.42 Å². The lowest BCUT2D eigenvalue weighted by Crippen LogP contribution is -2.49. The van der Waals surface area contributed by atoms with Gasteiger partial charge in [-0.1, -0.05) is 26.0 Å². The van der Waals surface area contributed by atoms with Crippen molar-refractivity contribution in [2.45, 2.75) is 31.6 Å². The molecule has 0 amide bonds. The van der Waals surface area contributed by atoms with Gasteiger partial charge in [0.05, 0.1) is 16.9 Å². The lowest BCUT2D eigenvalue weighted by Gasteiger charge is -2.34. The van der Waals surface area contributed by atoms with E-state index in [0.717, 1.165) is 5.56 Å². The predicted molar refractivity (Wildman–Crippen MR) is 90.5 cm³/mol. The molecule has 0 unspecified atom stereocenters. The van der Waals surface area contributed by atoms with Gasteiger partial charge >= 0.3 is 0 Å². The van der Waals surface area contributed by atoms with Gasteiger partial charge in [-0.15, -0.1) is 0 Å². The summed E-state index contributed by atoms with van der Waals surface area (Å²) >= 11 is 0. The van der Waals surface area contributed by atoms with E-state index in [1.165, 1.54) is 0 Å². The van der Waals surface area contributed by atoms with E-state index in [1.807, 2.05) is 19.1 Å². The molecule has 1 fully saturated rings. The summed E-state index contributed by atoms with van der Waals surface area (Å²) in [6, 6.07) is 9.41. The summed E-state index contributed by atoms with van der Waals surface area (Å²) in [5.41, 5.74) is 1.14. The van der Waals surface area contributed by atoms with Gasteiger partial charge in [0.1, 0.15) is 0 Å². The lowest BCUT2D eigenvalue weighted by molar-refractivity contribution is 0.178. The van der Waals surface area contributed by atoms with Crippen molar-refractivity contribution in [1.29, 1.82) is 5.26 Å². The van der Waals surface area contributed by atoms with Crippen LogP contribution in [0.25, 0.3) is 0 Å². The second kappa shape index (κ2) is 7.43. The number of rotatable bonds is 5. The Labute approximate surface area is 139 Å². The number of nitrogens with zero attached hydrogens (tertiary/aromatic N) is 3. The van der Waals surface area contributed by atoms with Crippen LogP contribution in [0.2, 0.25) is 0 Å². The third-order valence-corrected chi connectivity index (χ3v) is 6.18. The third kappa shape index (κ3) is 4.31. The first-order valence-corrected chi connectivity index (χ1v) is 9.50. The number of piperazine rings is 1. The molecule has 5 nitrogen and oxygen atoms in total. The topological polar surface area (TPSA) is 64.4 Å². The molecule has 0 spiro atoms. The molecule has 0 bridgehead atoms. The molecular formula is C17H25N3O2S. The molecule has 1 heterocycles. The minimum Gasteiger partial charge on any atom is -0.299 e. The smallest absolute Gasteiger partial charge is 0.243 e. The number of benzene rings is 1. The minimum atomic E-state index is -3.42. The van der Waals surface area contributed by atoms with E-state index < -0.39 is 10.0 Å². The second-order valence-corrected chi connectivity index (χ2v) is 8.40. The van der Waals surface area contributed by atoms with Crippen LogP contribution in [0.15, 0.2) is 29.2 Å². The van der Waals surface area contributed by atoms with Crippen molar-refractivity contribution in [3.8, 4) is 6.07 Å². The van der Waals surface area contributed by atoms with E-state index in [0.29, 0.717) is 43.5 Å². The van der Waals surface area contributed by atoms with Gasteiger partial charge in [0, 0.05) is 32.7 Å². The fourth-order valence-electron chi connectivity index (χ4n) is 2.75. The van der Waals surface area contributed by atoms with Gasteiger partial charge < -0.3 is 0 Å². The predicted octanol–water partition coefficient (Wildman–Crippen LogP) is 2.28. The van der Waals surface area contributed by atoms with Crippen LogP contribution in [0.4, 0.5) is 0 Å². The number of nitriles is 1. The van der Waals surface area contributed by atoms with Gasteiger partial charge in [0.15, 0.2) is 0 Å². The van der Waals surface area contributed by atoms with Crippen LogP contribution in [0.1, 0.15) is 32.3 Å². The Morgan fingerprint density at radius 3 is 2.13 bits per heavy atom. The van der Waals surface area contributed by atoms with E-state index >= 15 is 0 Å². The summed E-state index contributed by atoms with van der Waals surface area (Å²) in [5.74, 6) is 0.360. The van der Waals surface area contributed by atoms with Crippen molar-refractivity contribution in [2.75, 3.05) is 32.7 Å². The maximum atomic E-state index is 12.7. The van der Waals surface area contributed by atoms with Gasteiger partial charge in [0.2, 0.25) is 10.0 Å². The number of hydrogen-bond acceptors (Lipinski definition) is 4. The number of hydrogen-bond donors (Lipinski definition) is 0. The molecule has 1 aromatic carbocycles. The van der Waals surface area contributed by atoms with Crippen LogP contribution in [0.3, 0.4) is 0 Å². The van der Waals surface area contributed by atoms with Gasteiger partial charge in [-0.05, 0) is 30.5 Å². The summed E-state index contributed by atoms with van der Waals surface area (Å²) in [4.78, 5) is 2.52. The molecule has 0 saturated carbocycles. The molecule has 1 saturated heterocycles. The van der Waals surface area contributed by atoms with E-state index in [4.69, 9.17) is 5.26 Å². The number of sulfonamides is 1. The van der Waals surface area contributed by atoms with E-state index in [9.17, 15) is 8.42 Å². The van der Waals surface area contributed by atoms with Crippen molar-refractivity contribution in [3.63, 3.8) is 0 Å². The van der Waals surface area contributed by atoms with Crippen LogP contribution < -0.4 is 0 Å². The third-order valence-electron chi connectivity index (χ3n) is 4.27. The van der Waals surface area contributed by atoms with E-state index in [-0.39, 0.29) is 5.92 Å². The average molecular weight is 335 g/mol. The molecule has 23 heavy (non-hydrogen) atoms. The molecule has 0 aliphatic carbocycles. The van der Waals surface area contributed by atoms with Crippen molar-refractivity contribution in [1.82, 2.24) is 9.21 Å². The fraction of sp³-hybridized carbons (Fsp3) is 0.588. The molecule has 1 aliphatic heterocycles. The maximum Gasteiger partial charge on any atom is 0.243 e. The van der Waals surface area contributed by atoms with Gasteiger partial charge in [0.25, 0.3) is 0 Å². The molecule has 0 aromatic heterocycles. The zero-order valence-corrected chi connectivity index (χ0v) is 14.9. The molecule has 126 valence electrons. The molecule has 6 heteroatoms. The van der Waals surface area contributed by atoms with Crippen molar-refractivity contribution in [2.24, 2.45) is 5.92 Å². The summed E-state index contributed by atoms with van der Waals surface area (Å²) in [5, 5.41) is 8.87. The monoisotopic (exact) mass is 335 g/mol. The summed E-state index contributed by atoms with van der Waals surface area (Å²) < 4.78 is 27.0. The highest BCUT2D eigenvalue weighted by Crippen LogP contribution is 2.21. The van der Waals surface area contributed by atoms with E-state index in [1.54, 1.807) is 16.4 Å². The molecule has 1 atom stereocenters. The highest BCUT2D eigenvalue weighted by Gasteiger charge is 2.28. The summed E-state index contributed by atoms with van der Waals surface area (Å²) in [7, 11) is -3.42. The van der Waals surface area contributed by atoms with Crippen molar-refractivity contribution in [3.05, 3.63) is 29.8 Å². The Balaban J connectivity index is 2.03. The maximum absolute atomic E-state index is 12.7. The van der Waals surface area contributed by atoms with Gasteiger partial charge in [-0.2, -0.15) is 9.57 Å². The molecule has 1 aliphatic rings. The van der Waals surface area contributed by atoms with Crippen LogP contribution >= 0.6 is 0 Å². The largest absolute Gasteiger partial charge is 0.299 e. The van der Waals surface area contributed by atoms with Crippen molar-refractivity contribution < 1.29 is 8.42 Å². The quantitative estimate of drug-likeness (QED) is 0.828. The van der Waals surface area contributed by atoms with Crippen molar-refractivity contribution >= 4 is 10.0 Å². The minimum absolute atomic E-state index is 0.0262. The SMILES string of the molecule is CC(C)c1ccc(S(=O)(=O)N2CCN(C[C@H](C)C#N)CC2)cc1. The van der Waals surface area contributed by atoms with Crippen LogP contribution in [0, 0.1) is 17.2 Å². The van der Waals surface area contributed by atoms with Crippen LogP contribution in [-0.4, -0.2) is 50.3 Å². The first-order valence-electron chi connectivity index (χ1n) is 8.06. The Morgan fingerprint density at radius 2 is 1.65 bits per heavy atom. The molecule has 1 aromatic rings. The highest BCUT2D eigenvalue weighted by molar-refractivity contribution is 7.89. The molecule has 2 rings (SSSR count). The van der Waals surface area contributed by atoms with Crippen LogP contribution in [0.5, 0.6) is 0 Å². The Hall–Kier alpha value is -1.42.